The summed E-state index contributed by atoms with van der Waals surface area (Å²) in [5, 5.41) is 7.49. The Bertz CT molecular complexity index is 1190. The van der Waals surface area contributed by atoms with Crippen molar-refractivity contribution in [3.05, 3.63) is 60.8 Å². The zero-order valence-corrected chi connectivity index (χ0v) is 17.4. The number of ether oxygens (including phenoxy) is 1. The summed E-state index contributed by atoms with van der Waals surface area (Å²) in [6, 6.07) is 9.51. The van der Waals surface area contributed by atoms with Gasteiger partial charge in [-0.25, -0.2) is 9.67 Å². The van der Waals surface area contributed by atoms with Crippen molar-refractivity contribution in [1.29, 1.82) is 0 Å². The van der Waals surface area contributed by atoms with Gasteiger partial charge in [-0.3, -0.25) is 14.2 Å². The molecule has 4 rings (SSSR count). The number of hydrogen-bond acceptors (Lipinski definition) is 5. The Balaban J connectivity index is 1.82. The molecule has 0 saturated heterocycles. The molecule has 0 aliphatic carbocycles. The lowest BCUT2D eigenvalue weighted by atomic mass is 10.1. The lowest BCUT2D eigenvalue weighted by molar-refractivity contribution is 0.0927. The number of nitrogens with one attached hydrogen (secondary N) is 1. The van der Waals surface area contributed by atoms with Crippen molar-refractivity contribution < 1.29 is 9.53 Å². The van der Waals surface area contributed by atoms with E-state index in [1.807, 2.05) is 41.7 Å². The number of aromatic nitrogens is 5. The first-order chi connectivity index (χ1) is 14.5. The van der Waals surface area contributed by atoms with Gasteiger partial charge >= 0.3 is 0 Å². The molecule has 1 N–H and O–H groups in total. The topological polar surface area (TPSA) is 86.3 Å². The number of methoxy groups -OCH3 is 1. The number of nitrogens with zero attached hydrogens (tertiary/aromatic N) is 5. The summed E-state index contributed by atoms with van der Waals surface area (Å²) in [7, 11) is 1.63. The van der Waals surface area contributed by atoms with Crippen molar-refractivity contribution in [1.82, 2.24) is 29.5 Å². The smallest absolute Gasteiger partial charge is 0.272 e. The zero-order valence-electron chi connectivity index (χ0n) is 17.4. The number of carbonyl (C=O) groups is 1. The molecule has 154 valence electrons. The Morgan fingerprint density at radius 2 is 2.00 bits per heavy atom. The van der Waals surface area contributed by atoms with Gasteiger partial charge in [0.1, 0.15) is 11.4 Å². The molecule has 30 heavy (non-hydrogen) atoms. The SMILES string of the molecule is COc1cccc(-n2nccc2-c2nc(C(=O)N[C@H](C)C(C)C)c3cnccn23)c1. The molecule has 0 fully saturated rings. The van der Waals surface area contributed by atoms with Crippen LogP contribution in [0.4, 0.5) is 0 Å². The molecular formula is C22H24N6O2. The van der Waals surface area contributed by atoms with Crippen molar-refractivity contribution in [2.45, 2.75) is 26.8 Å². The number of benzene rings is 1. The van der Waals surface area contributed by atoms with E-state index < -0.39 is 0 Å². The van der Waals surface area contributed by atoms with Crippen molar-refractivity contribution in [2.75, 3.05) is 7.11 Å². The van der Waals surface area contributed by atoms with Gasteiger partial charge in [0.05, 0.1) is 30.7 Å². The number of imidazole rings is 1. The van der Waals surface area contributed by atoms with Crippen molar-refractivity contribution >= 4 is 11.4 Å². The lowest BCUT2D eigenvalue weighted by Crippen LogP contribution is -2.36. The predicted molar refractivity (Wildman–Crippen MR) is 114 cm³/mol. The van der Waals surface area contributed by atoms with Crippen molar-refractivity contribution in [2.24, 2.45) is 5.92 Å². The third-order valence-electron chi connectivity index (χ3n) is 5.19. The predicted octanol–water partition coefficient (Wildman–Crippen LogP) is 3.36. The van der Waals surface area contributed by atoms with Crippen LogP contribution in [0.1, 0.15) is 31.3 Å². The second-order valence-electron chi connectivity index (χ2n) is 7.45. The van der Waals surface area contributed by atoms with Gasteiger partial charge in [0.25, 0.3) is 5.91 Å². The highest BCUT2D eigenvalue weighted by atomic mass is 16.5. The molecular weight excluding hydrogens is 380 g/mol. The van der Waals surface area contributed by atoms with Crippen molar-refractivity contribution in [3.63, 3.8) is 0 Å². The Hall–Kier alpha value is -3.68. The van der Waals surface area contributed by atoms with Crippen LogP contribution in [0.15, 0.2) is 55.1 Å². The van der Waals surface area contributed by atoms with Crippen LogP contribution >= 0.6 is 0 Å². The second kappa shape index (κ2) is 7.98. The second-order valence-corrected chi connectivity index (χ2v) is 7.45. The summed E-state index contributed by atoms with van der Waals surface area (Å²) in [6.45, 7) is 6.11. The first-order valence-corrected chi connectivity index (χ1v) is 9.81. The molecule has 3 aromatic heterocycles. The largest absolute Gasteiger partial charge is 0.497 e. The summed E-state index contributed by atoms with van der Waals surface area (Å²) in [4.78, 5) is 21.8. The van der Waals surface area contributed by atoms with E-state index in [-0.39, 0.29) is 11.9 Å². The molecule has 0 spiro atoms. The molecule has 1 aromatic carbocycles. The summed E-state index contributed by atoms with van der Waals surface area (Å²) in [5.74, 6) is 1.43. The fourth-order valence-electron chi connectivity index (χ4n) is 3.15. The summed E-state index contributed by atoms with van der Waals surface area (Å²) < 4.78 is 8.97. The van der Waals surface area contributed by atoms with Gasteiger partial charge in [-0.05, 0) is 31.0 Å². The van der Waals surface area contributed by atoms with Gasteiger partial charge < -0.3 is 10.1 Å². The number of hydrogen-bond donors (Lipinski definition) is 1. The minimum Gasteiger partial charge on any atom is -0.497 e. The Morgan fingerprint density at radius 3 is 2.77 bits per heavy atom. The Kier molecular flexibility index (Phi) is 5.22. The molecule has 0 radical (unpaired) electrons. The fourth-order valence-corrected chi connectivity index (χ4v) is 3.15. The van der Waals surface area contributed by atoms with E-state index in [4.69, 9.17) is 9.72 Å². The van der Waals surface area contributed by atoms with Gasteiger partial charge in [0, 0.05) is 24.5 Å². The molecule has 0 saturated carbocycles. The van der Waals surface area contributed by atoms with E-state index in [1.165, 1.54) is 0 Å². The van der Waals surface area contributed by atoms with Gasteiger partial charge in [-0.1, -0.05) is 19.9 Å². The van der Waals surface area contributed by atoms with Crippen LogP contribution in [-0.4, -0.2) is 43.2 Å². The van der Waals surface area contributed by atoms with E-state index >= 15 is 0 Å². The van der Waals surface area contributed by atoms with Gasteiger partial charge in [-0.2, -0.15) is 5.10 Å². The van der Waals surface area contributed by atoms with E-state index in [2.05, 4.69) is 29.2 Å². The molecule has 1 atom stereocenters. The first kappa shape index (κ1) is 19.6. The maximum absolute atomic E-state index is 12.9. The number of fused-ring (bicyclic) bond motifs is 1. The Morgan fingerprint density at radius 1 is 1.17 bits per heavy atom. The van der Waals surface area contributed by atoms with Crippen LogP contribution in [0.3, 0.4) is 0 Å². The van der Waals surface area contributed by atoms with E-state index in [0.717, 1.165) is 17.1 Å². The molecule has 3 heterocycles. The quantitative estimate of drug-likeness (QED) is 0.532. The van der Waals surface area contributed by atoms with Crippen molar-refractivity contribution in [3.8, 4) is 23.0 Å². The third kappa shape index (κ3) is 3.52. The van der Waals surface area contributed by atoms with Crippen LogP contribution in [0, 0.1) is 5.92 Å². The summed E-state index contributed by atoms with van der Waals surface area (Å²) >= 11 is 0. The van der Waals surface area contributed by atoms with E-state index in [9.17, 15) is 4.79 Å². The molecule has 0 aliphatic rings. The van der Waals surface area contributed by atoms with Crippen LogP contribution in [0.25, 0.3) is 22.7 Å². The minimum absolute atomic E-state index is 0.0247. The zero-order chi connectivity index (χ0) is 21.3. The third-order valence-corrected chi connectivity index (χ3v) is 5.19. The highest BCUT2D eigenvalue weighted by Gasteiger charge is 2.22. The summed E-state index contributed by atoms with van der Waals surface area (Å²) in [5.41, 5.74) is 2.56. The lowest BCUT2D eigenvalue weighted by Gasteiger charge is -2.16. The molecule has 1 amide bonds. The molecule has 0 aliphatic heterocycles. The standard InChI is InChI=1S/C22H24N6O2/c1-14(2)15(3)25-22(29)20-19-13-23-10-11-27(19)21(26-20)18-8-9-24-28(18)16-6-5-7-17(12-16)30-4/h5-15H,1-4H3,(H,25,29)/t15-/m1/s1. The normalized spacial score (nSPS) is 12.3. The average molecular weight is 404 g/mol. The van der Waals surface area contributed by atoms with Crippen LogP contribution in [-0.2, 0) is 0 Å². The van der Waals surface area contributed by atoms with E-state index in [1.54, 1.807) is 36.6 Å². The van der Waals surface area contributed by atoms with Gasteiger partial charge in [0.15, 0.2) is 11.5 Å². The first-order valence-electron chi connectivity index (χ1n) is 9.81. The molecule has 8 nitrogen and oxygen atoms in total. The highest BCUT2D eigenvalue weighted by Crippen LogP contribution is 2.26. The van der Waals surface area contributed by atoms with Gasteiger partial charge in [-0.15, -0.1) is 0 Å². The maximum Gasteiger partial charge on any atom is 0.272 e. The number of amides is 1. The number of carbonyl (C=O) groups excluding carboxylic acids is 1. The minimum atomic E-state index is -0.222. The Labute approximate surface area is 174 Å². The monoisotopic (exact) mass is 404 g/mol. The van der Waals surface area contributed by atoms with Crippen LogP contribution < -0.4 is 10.1 Å². The van der Waals surface area contributed by atoms with Crippen LogP contribution in [0.2, 0.25) is 0 Å². The average Bonchev–Trinajstić information content (AvgIpc) is 3.38. The molecule has 0 unspecified atom stereocenters. The highest BCUT2D eigenvalue weighted by molar-refractivity contribution is 6.00. The van der Waals surface area contributed by atoms with Crippen LogP contribution in [0.5, 0.6) is 5.75 Å². The fraction of sp³-hybridized carbons (Fsp3) is 0.273. The molecule has 4 aromatic rings. The molecule has 8 heteroatoms. The van der Waals surface area contributed by atoms with Gasteiger partial charge in [0.2, 0.25) is 0 Å². The summed E-state index contributed by atoms with van der Waals surface area (Å²) in [6.07, 6.45) is 6.82. The molecule has 0 bridgehead atoms. The maximum atomic E-state index is 12.9. The van der Waals surface area contributed by atoms with E-state index in [0.29, 0.717) is 23.0 Å². The number of rotatable bonds is 6.